The molecule has 0 spiro atoms. The summed E-state index contributed by atoms with van der Waals surface area (Å²) in [5.41, 5.74) is 2.00. The first kappa shape index (κ1) is 60.6. The Hall–Kier alpha value is -7.97. The van der Waals surface area contributed by atoms with Crippen molar-refractivity contribution >= 4 is 40.0 Å². The van der Waals surface area contributed by atoms with Crippen molar-refractivity contribution < 1.29 is 57.4 Å². The van der Waals surface area contributed by atoms with Gasteiger partial charge in [0.15, 0.2) is 29.6 Å². The van der Waals surface area contributed by atoms with Crippen LogP contribution >= 0.6 is 0 Å². The number of nitrogens with zero attached hydrogens (tertiary/aromatic N) is 6. The minimum absolute atomic E-state index is 0.00341. The highest BCUT2D eigenvalue weighted by Gasteiger charge is 2.34. The molecule has 1 N–H and O–H groups in total. The summed E-state index contributed by atoms with van der Waals surface area (Å²) >= 11 is 0. The number of piperidine rings is 2. The molecule has 10 rings (SSSR count). The Kier molecular flexibility index (Phi) is 19.6. The van der Waals surface area contributed by atoms with Crippen LogP contribution in [-0.4, -0.2) is 154 Å². The van der Waals surface area contributed by atoms with Crippen molar-refractivity contribution in [3.8, 4) is 34.5 Å². The lowest BCUT2D eigenvalue weighted by molar-refractivity contribution is -0.145. The lowest BCUT2D eigenvalue weighted by atomic mass is 10.0. The number of aromatic nitrogens is 2. The van der Waals surface area contributed by atoms with Gasteiger partial charge in [0, 0.05) is 100 Å². The van der Waals surface area contributed by atoms with Crippen molar-refractivity contribution in [3.63, 3.8) is 0 Å². The summed E-state index contributed by atoms with van der Waals surface area (Å²) in [6, 6.07) is 28.8. The fraction of sp³-hybridized carbons (Fsp3) is 0.484. The van der Waals surface area contributed by atoms with Crippen LogP contribution in [0.3, 0.4) is 0 Å². The van der Waals surface area contributed by atoms with Crippen molar-refractivity contribution in [2.24, 2.45) is 0 Å². The summed E-state index contributed by atoms with van der Waals surface area (Å²) < 4.78 is 48.6. The molecule has 0 aliphatic carbocycles. The number of benzene rings is 4. The molecule has 450 valence electrons. The number of pyridine rings is 2. The van der Waals surface area contributed by atoms with Crippen LogP contribution in [0, 0.1) is 0 Å². The number of carbonyl (C=O) groups is 3. The lowest BCUT2D eigenvalue weighted by Crippen LogP contribution is -2.49. The second-order valence-electron chi connectivity index (χ2n) is 23.5. The van der Waals surface area contributed by atoms with Crippen LogP contribution in [0.15, 0.2) is 107 Å². The van der Waals surface area contributed by atoms with E-state index in [1.54, 1.807) is 46.4 Å². The highest BCUT2D eigenvalue weighted by Crippen LogP contribution is 2.35. The van der Waals surface area contributed by atoms with Crippen molar-refractivity contribution in [1.29, 1.82) is 0 Å². The molecule has 0 bridgehead atoms. The Labute approximate surface area is 490 Å². The Balaban J connectivity index is 0.000000204. The van der Waals surface area contributed by atoms with Crippen molar-refractivity contribution in [1.82, 2.24) is 28.7 Å². The van der Waals surface area contributed by atoms with Gasteiger partial charge in [0.2, 0.25) is 0 Å². The van der Waals surface area contributed by atoms with Crippen LogP contribution in [0.1, 0.15) is 85.3 Å². The van der Waals surface area contributed by atoms with Crippen LogP contribution in [-0.2, 0) is 45.2 Å². The molecule has 20 nitrogen and oxygen atoms in total. The number of hydrogen-bond donors (Lipinski definition) is 1. The van der Waals surface area contributed by atoms with Gasteiger partial charge in [0.05, 0.1) is 17.6 Å². The number of rotatable bonds is 16. The molecule has 2 amide bonds. The molecule has 0 atom stereocenters. The van der Waals surface area contributed by atoms with Gasteiger partial charge in [0.1, 0.15) is 49.1 Å². The van der Waals surface area contributed by atoms with Crippen molar-refractivity contribution in [2.75, 3.05) is 78.9 Å². The van der Waals surface area contributed by atoms with Gasteiger partial charge >= 0.3 is 18.2 Å². The molecule has 0 saturated carbocycles. The zero-order valence-corrected chi connectivity index (χ0v) is 49.5. The minimum Gasteiger partial charge on any atom is -0.507 e. The van der Waals surface area contributed by atoms with E-state index in [0.29, 0.717) is 94.1 Å². The number of hydrogen-bond acceptors (Lipinski definition) is 16. The highest BCUT2D eigenvalue weighted by molar-refractivity contribution is 5.86. The predicted octanol–water partition coefficient (Wildman–Crippen LogP) is 9.00. The first-order valence-corrected chi connectivity index (χ1v) is 29.2. The second kappa shape index (κ2) is 27.2. The molecule has 2 aromatic heterocycles. The first-order chi connectivity index (χ1) is 40.3. The van der Waals surface area contributed by atoms with E-state index in [4.69, 9.17) is 37.9 Å². The molecule has 4 aliphatic heterocycles. The summed E-state index contributed by atoms with van der Waals surface area (Å²) in [5.74, 6) is 3.09. The number of ether oxygens (including phenoxy) is 8. The average molecular weight is 1160 g/mol. The molecule has 2 fully saturated rings. The van der Waals surface area contributed by atoms with E-state index in [9.17, 15) is 29.1 Å². The quantitative estimate of drug-likeness (QED) is 0.0710. The van der Waals surface area contributed by atoms with Gasteiger partial charge in [-0.1, -0.05) is 24.3 Å². The Morgan fingerprint density at radius 2 is 1.00 bits per heavy atom. The van der Waals surface area contributed by atoms with E-state index in [1.165, 1.54) is 12.1 Å². The number of fused-ring (bicyclic) bond motifs is 4. The van der Waals surface area contributed by atoms with Crippen LogP contribution in [0.5, 0.6) is 34.5 Å². The maximum Gasteiger partial charge on any atom is 0.410 e. The van der Waals surface area contributed by atoms with Crippen LogP contribution in [0.4, 0.5) is 9.59 Å². The number of esters is 1. The zero-order chi connectivity index (χ0) is 59.5. The van der Waals surface area contributed by atoms with E-state index in [0.717, 1.165) is 85.2 Å². The third kappa shape index (κ3) is 15.8. The predicted molar refractivity (Wildman–Crippen MR) is 318 cm³/mol. The third-order valence-electron chi connectivity index (χ3n) is 15.1. The summed E-state index contributed by atoms with van der Waals surface area (Å²) in [7, 11) is 0. The topological polar surface area (TPSA) is 202 Å². The van der Waals surface area contributed by atoms with Crippen molar-refractivity contribution in [2.45, 2.75) is 124 Å². The third-order valence-corrected chi connectivity index (χ3v) is 15.1. The molecule has 6 aromatic rings. The Bertz CT molecular complexity index is 3390. The van der Waals surface area contributed by atoms with Crippen LogP contribution in [0.2, 0.25) is 0 Å². The van der Waals surface area contributed by atoms with E-state index >= 15 is 0 Å². The first-order valence-electron chi connectivity index (χ1n) is 29.2. The monoisotopic (exact) mass is 1160 g/mol. The summed E-state index contributed by atoms with van der Waals surface area (Å²) in [6.45, 7) is 21.5. The second-order valence-corrected chi connectivity index (χ2v) is 23.5. The lowest BCUT2D eigenvalue weighted by Gasteiger charge is -2.39. The normalized spacial score (nSPS) is 15.8. The molecular formula is C64H80N6O14. The molecular weight excluding hydrogens is 1080 g/mol. The average Bonchev–Trinajstić information content (AvgIpc) is 2.55. The molecule has 4 aromatic carbocycles. The summed E-state index contributed by atoms with van der Waals surface area (Å²) in [4.78, 5) is 72.4. The van der Waals surface area contributed by atoms with Crippen molar-refractivity contribution in [3.05, 3.63) is 129 Å². The van der Waals surface area contributed by atoms with Gasteiger partial charge in [-0.3, -0.25) is 9.59 Å². The zero-order valence-electron chi connectivity index (χ0n) is 49.5. The summed E-state index contributed by atoms with van der Waals surface area (Å²) in [5, 5.41) is 11.6. The molecule has 6 heterocycles. The van der Waals surface area contributed by atoms with Gasteiger partial charge in [-0.05, 0) is 146 Å². The largest absolute Gasteiger partial charge is 0.507 e. The Morgan fingerprint density at radius 3 is 1.46 bits per heavy atom. The van der Waals surface area contributed by atoms with Gasteiger partial charge < -0.3 is 71.7 Å². The number of phenols is 1. The van der Waals surface area contributed by atoms with Gasteiger partial charge in [0.25, 0.3) is 11.1 Å². The SMILES string of the molecule is CC(C)(C)OC(=O)N(Cc1ccc2c(c1)OCCO2)C1CCN(CCn2c(=O)ccc3c(O)cccc32)CC1.CCOC(=O)COc1cccc2c1ccc(=O)n2CCN1CCC(N(Cc2ccc3c(c2)OCCO3)C(=O)OC(C)(C)C)CC1. The fourth-order valence-electron chi connectivity index (χ4n) is 11.0. The Morgan fingerprint density at radius 1 is 0.560 bits per heavy atom. The maximum atomic E-state index is 13.4. The van der Waals surface area contributed by atoms with Gasteiger partial charge in [-0.2, -0.15) is 0 Å². The van der Waals surface area contributed by atoms with E-state index in [-0.39, 0.29) is 54.4 Å². The van der Waals surface area contributed by atoms with Crippen LogP contribution < -0.4 is 34.8 Å². The smallest absolute Gasteiger partial charge is 0.410 e. The number of phenolic OH excluding ortho intramolecular Hbond substituents is 1. The van der Waals surface area contributed by atoms with Crippen LogP contribution in [0.25, 0.3) is 21.8 Å². The fourth-order valence-corrected chi connectivity index (χ4v) is 11.0. The molecule has 0 radical (unpaired) electrons. The molecule has 2 saturated heterocycles. The molecule has 84 heavy (non-hydrogen) atoms. The van der Waals surface area contributed by atoms with E-state index in [2.05, 4.69) is 9.80 Å². The summed E-state index contributed by atoms with van der Waals surface area (Å²) in [6.07, 6.45) is 2.50. The number of aromatic hydroxyl groups is 1. The van der Waals surface area contributed by atoms with E-state index in [1.807, 2.05) is 106 Å². The molecule has 0 unspecified atom stereocenters. The van der Waals surface area contributed by atoms with Gasteiger partial charge in [-0.15, -0.1) is 0 Å². The highest BCUT2D eigenvalue weighted by atomic mass is 16.6. The number of carbonyl (C=O) groups excluding carboxylic acids is 3. The minimum atomic E-state index is -0.613. The standard InChI is InChI=1S/C34H43N3O8.C30H37N3O6/c1-5-41-32(39)23-44-28-8-6-7-27-26(28)10-12-31(38)36(27)18-17-35-15-13-25(14-16-35)37(33(40)45-34(2,3)4)22-24-9-11-29-30(21-24)43-20-19-42-29;1-30(2,3)39-29(36)33(20-21-7-9-26-27(19-21)38-18-17-37-26)22-11-13-31(14-12-22)15-16-32-24-5-4-6-25(34)23(24)8-10-28(32)35/h6-12,21,25H,5,13-20,22-23H2,1-4H3;4-10,19,22,34H,11-18,20H2,1-3H3. The molecule has 20 heteroatoms. The molecule has 4 aliphatic rings. The van der Waals surface area contributed by atoms with E-state index < -0.39 is 17.2 Å². The maximum absolute atomic E-state index is 13.4. The number of amides is 2. The number of likely N-dealkylation sites (tertiary alicyclic amines) is 2. The van der Waals surface area contributed by atoms with Gasteiger partial charge in [-0.25, -0.2) is 14.4 Å².